The fraction of sp³-hybridized carbons (Fsp3) is 0.588. The Balaban J connectivity index is 2.12. The number of sulfonamides is 1. The van der Waals surface area contributed by atoms with Gasteiger partial charge in [-0.05, 0) is 36.8 Å². The van der Waals surface area contributed by atoms with Gasteiger partial charge in [0.1, 0.15) is 6.04 Å². The highest BCUT2D eigenvalue weighted by Crippen LogP contribution is 2.16. The zero-order valence-corrected chi connectivity index (χ0v) is 14.9. The van der Waals surface area contributed by atoms with E-state index in [1.165, 1.54) is 0 Å². The minimum atomic E-state index is -3.57. The SMILES string of the molecule is Cc1ccccc1CS(=O)(=O)N[C@H](C(=O)N1CCCC1)C(C)C. The van der Waals surface area contributed by atoms with Crippen LogP contribution in [0.3, 0.4) is 0 Å². The third kappa shape index (κ3) is 4.78. The molecule has 0 saturated carbocycles. The van der Waals surface area contributed by atoms with E-state index in [9.17, 15) is 13.2 Å². The first-order valence-electron chi connectivity index (χ1n) is 8.13. The quantitative estimate of drug-likeness (QED) is 0.863. The smallest absolute Gasteiger partial charge is 0.241 e. The molecule has 0 spiro atoms. The van der Waals surface area contributed by atoms with Crippen LogP contribution in [0.1, 0.15) is 37.8 Å². The molecule has 0 bridgehead atoms. The summed E-state index contributed by atoms with van der Waals surface area (Å²) in [4.78, 5) is 14.3. The Bertz CT molecular complexity index is 650. The number of nitrogens with zero attached hydrogens (tertiary/aromatic N) is 1. The summed E-state index contributed by atoms with van der Waals surface area (Å²) in [5.74, 6) is -0.295. The van der Waals surface area contributed by atoms with Gasteiger partial charge in [-0.15, -0.1) is 0 Å². The lowest BCUT2D eigenvalue weighted by atomic mass is 10.0. The predicted molar refractivity (Wildman–Crippen MR) is 91.4 cm³/mol. The molecule has 0 aliphatic carbocycles. The first-order valence-corrected chi connectivity index (χ1v) is 9.78. The molecular formula is C17H26N2O3S. The summed E-state index contributed by atoms with van der Waals surface area (Å²) in [6.07, 6.45) is 1.99. The molecule has 1 fully saturated rings. The second kappa shape index (κ2) is 7.45. The Morgan fingerprint density at radius 2 is 1.83 bits per heavy atom. The van der Waals surface area contributed by atoms with Crippen molar-refractivity contribution in [2.24, 2.45) is 5.92 Å². The Labute approximate surface area is 139 Å². The normalized spacial score (nSPS) is 16.8. The number of aryl methyl sites for hydroxylation is 1. The van der Waals surface area contributed by atoms with Crippen molar-refractivity contribution in [1.82, 2.24) is 9.62 Å². The van der Waals surface area contributed by atoms with E-state index in [0.29, 0.717) is 0 Å². The monoisotopic (exact) mass is 338 g/mol. The second-order valence-electron chi connectivity index (χ2n) is 6.56. The maximum absolute atomic E-state index is 12.6. The van der Waals surface area contributed by atoms with Crippen LogP contribution >= 0.6 is 0 Å². The van der Waals surface area contributed by atoms with Gasteiger partial charge in [-0.2, -0.15) is 0 Å². The molecule has 1 saturated heterocycles. The largest absolute Gasteiger partial charge is 0.341 e. The number of amides is 1. The van der Waals surface area contributed by atoms with Crippen LogP contribution in [-0.2, 0) is 20.6 Å². The van der Waals surface area contributed by atoms with E-state index in [1.54, 1.807) is 11.0 Å². The predicted octanol–water partition coefficient (Wildman–Crippen LogP) is 2.06. The maximum atomic E-state index is 12.6. The van der Waals surface area contributed by atoms with E-state index in [2.05, 4.69) is 4.72 Å². The average Bonchev–Trinajstić information content (AvgIpc) is 3.00. The van der Waals surface area contributed by atoms with Crippen molar-refractivity contribution in [1.29, 1.82) is 0 Å². The number of hydrogen-bond donors (Lipinski definition) is 1. The average molecular weight is 338 g/mol. The number of benzene rings is 1. The number of carbonyl (C=O) groups is 1. The molecule has 1 N–H and O–H groups in total. The number of likely N-dealkylation sites (tertiary alicyclic amines) is 1. The lowest BCUT2D eigenvalue weighted by Crippen LogP contribution is -2.50. The van der Waals surface area contributed by atoms with Crippen molar-refractivity contribution in [3.63, 3.8) is 0 Å². The molecule has 1 aromatic rings. The third-order valence-corrected chi connectivity index (χ3v) is 5.57. The fourth-order valence-electron chi connectivity index (χ4n) is 2.82. The van der Waals surface area contributed by atoms with Gasteiger partial charge < -0.3 is 4.90 Å². The molecule has 128 valence electrons. The molecule has 23 heavy (non-hydrogen) atoms. The molecular weight excluding hydrogens is 312 g/mol. The van der Waals surface area contributed by atoms with Crippen LogP contribution in [-0.4, -0.2) is 38.4 Å². The van der Waals surface area contributed by atoms with Crippen molar-refractivity contribution in [2.45, 2.75) is 45.4 Å². The van der Waals surface area contributed by atoms with Crippen molar-refractivity contribution in [3.8, 4) is 0 Å². The highest BCUT2D eigenvalue weighted by atomic mass is 32.2. The van der Waals surface area contributed by atoms with Gasteiger partial charge in [0.15, 0.2) is 0 Å². The van der Waals surface area contributed by atoms with Crippen LogP contribution < -0.4 is 4.72 Å². The minimum absolute atomic E-state index is 0.0882. The molecule has 0 unspecified atom stereocenters. The van der Waals surface area contributed by atoms with Crippen LogP contribution in [0.5, 0.6) is 0 Å². The Kier molecular flexibility index (Phi) is 5.81. The van der Waals surface area contributed by atoms with Crippen LogP contribution in [0.25, 0.3) is 0 Å². The standard InChI is InChI=1S/C17H26N2O3S/c1-13(2)16(17(20)19-10-6-7-11-19)18-23(21,22)12-15-9-5-4-8-14(15)3/h4-5,8-9,13,16,18H,6-7,10-12H2,1-3H3/t16-/m0/s1. The van der Waals surface area contributed by atoms with E-state index in [4.69, 9.17) is 0 Å². The number of nitrogens with one attached hydrogen (secondary N) is 1. The van der Waals surface area contributed by atoms with Gasteiger partial charge in [-0.25, -0.2) is 13.1 Å². The van der Waals surface area contributed by atoms with Gasteiger partial charge in [0, 0.05) is 13.1 Å². The van der Waals surface area contributed by atoms with Crippen molar-refractivity contribution in [3.05, 3.63) is 35.4 Å². The van der Waals surface area contributed by atoms with E-state index in [1.807, 2.05) is 39.0 Å². The highest BCUT2D eigenvalue weighted by molar-refractivity contribution is 7.88. The van der Waals surface area contributed by atoms with Gasteiger partial charge in [0.2, 0.25) is 15.9 Å². The van der Waals surface area contributed by atoms with Crippen molar-refractivity contribution >= 4 is 15.9 Å². The molecule has 1 aromatic carbocycles. The molecule has 1 amide bonds. The molecule has 1 aliphatic heterocycles. The van der Waals surface area contributed by atoms with Gasteiger partial charge in [0.05, 0.1) is 5.75 Å². The van der Waals surface area contributed by atoms with E-state index in [0.717, 1.165) is 37.1 Å². The summed E-state index contributed by atoms with van der Waals surface area (Å²) >= 11 is 0. The zero-order valence-electron chi connectivity index (χ0n) is 14.1. The summed E-state index contributed by atoms with van der Waals surface area (Å²) in [6, 6.07) is 6.71. The van der Waals surface area contributed by atoms with Crippen LogP contribution in [0.15, 0.2) is 24.3 Å². The Hall–Kier alpha value is -1.40. The summed E-state index contributed by atoms with van der Waals surface area (Å²) < 4.78 is 27.6. The molecule has 2 rings (SSSR count). The molecule has 1 aliphatic rings. The van der Waals surface area contributed by atoms with Gasteiger partial charge in [-0.3, -0.25) is 4.79 Å². The maximum Gasteiger partial charge on any atom is 0.241 e. The number of rotatable bonds is 6. The first-order chi connectivity index (χ1) is 10.8. The lowest BCUT2D eigenvalue weighted by molar-refractivity contribution is -0.132. The number of hydrogen-bond acceptors (Lipinski definition) is 3. The number of carbonyl (C=O) groups excluding carboxylic acids is 1. The van der Waals surface area contributed by atoms with Gasteiger partial charge in [0.25, 0.3) is 0 Å². The molecule has 1 atom stereocenters. The van der Waals surface area contributed by atoms with Crippen LogP contribution in [0.2, 0.25) is 0 Å². The summed E-state index contributed by atoms with van der Waals surface area (Å²) in [5.41, 5.74) is 1.70. The van der Waals surface area contributed by atoms with Crippen LogP contribution in [0.4, 0.5) is 0 Å². The third-order valence-electron chi connectivity index (χ3n) is 4.26. The molecule has 1 heterocycles. The molecule has 6 heteroatoms. The minimum Gasteiger partial charge on any atom is -0.341 e. The van der Waals surface area contributed by atoms with Gasteiger partial charge in [-0.1, -0.05) is 38.1 Å². The lowest BCUT2D eigenvalue weighted by Gasteiger charge is -2.26. The highest BCUT2D eigenvalue weighted by Gasteiger charge is 2.32. The Morgan fingerprint density at radius 3 is 2.39 bits per heavy atom. The second-order valence-corrected chi connectivity index (χ2v) is 8.31. The zero-order chi connectivity index (χ0) is 17.0. The molecule has 5 nitrogen and oxygen atoms in total. The van der Waals surface area contributed by atoms with Crippen molar-refractivity contribution in [2.75, 3.05) is 13.1 Å². The Morgan fingerprint density at radius 1 is 1.22 bits per heavy atom. The van der Waals surface area contributed by atoms with Gasteiger partial charge >= 0.3 is 0 Å². The van der Waals surface area contributed by atoms with Crippen LogP contribution in [0, 0.1) is 12.8 Å². The summed E-state index contributed by atoms with van der Waals surface area (Å²) in [5, 5.41) is 0. The summed E-state index contributed by atoms with van der Waals surface area (Å²) in [7, 11) is -3.57. The molecule has 0 aromatic heterocycles. The topological polar surface area (TPSA) is 66.5 Å². The fourth-order valence-corrected chi connectivity index (χ4v) is 4.39. The summed E-state index contributed by atoms with van der Waals surface area (Å²) in [6.45, 7) is 7.08. The van der Waals surface area contributed by atoms with E-state index >= 15 is 0 Å². The van der Waals surface area contributed by atoms with E-state index < -0.39 is 16.1 Å². The first kappa shape index (κ1) is 17.9. The van der Waals surface area contributed by atoms with E-state index in [-0.39, 0.29) is 17.6 Å². The molecule has 0 radical (unpaired) electrons. The van der Waals surface area contributed by atoms with Crippen molar-refractivity contribution < 1.29 is 13.2 Å².